The summed E-state index contributed by atoms with van der Waals surface area (Å²) in [5.74, 6) is -1.59. The fraction of sp³-hybridized carbons (Fsp3) is 0.857. The lowest BCUT2D eigenvalue weighted by Gasteiger charge is -2.26. The summed E-state index contributed by atoms with van der Waals surface area (Å²) in [5.41, 5.74) is 0.0228. The molecule has 8 heteroatoms. The Morgan fingerprint density at radius 1 is 1.27 bits per heavy atom. The van der Waals surface area contributed by atoms with Crippen LogP contribution >= 0.6 is 0 Å². The predicted octanol–water partition coefficient (Wildman–Crippen LogP) is 1.05. The first-order valence-corrected chi connectivity index (χ1v) is 8.94. The van der Waals surface area contributed by atoms with E-state index in [0.29, 0.717) is 6.42 Å². The second kappa shape index (κ2) is 8.47. The number of carboxylic acid groups (broad SMARTS) is 1. The molecule has 0 spiro atoms. The summed E-state index contributed by atoms with van der Waals surface area (Å²) in [7, 11) is -3.69. The summed E-state index contributed by atoms with van der Waals surface area (Å²) in [6.07, 6.45) is 1.20. The molecule has 0 aliphatic rings. The van der Waals surface area contributed by atoms with Crippen LogP contribution in [0.4, 0.5) is 0 Å². The Morgan fingerprint density at radius 2 is 1.82 bits per heavy atom. The van der Waals surface area contributed by atoms with Gasteiger partial charge in [0.05, 0.1) is 5.75 Å². The van der Waals surface area contributed by atoms with E-state index >= 15 is 0 Å². The molecule has 0 radical (unpaired) electrons. The van der Waals surface area contributed by atoms with Crippen LogP contribution in [0.3, 0.4) is 0 Å². The Labute approximate surface area is 133 Å². The van der Waals surface area contributed by atoms with Gasteiger partial charge < -0.3 is 10.4 Å². The number of carbonyl (C=O) groups is 2. The normalized spacial score (nSPS) is 13.9. The lowest BCUT2D eigenvalue weighted by molar-refractivity contribution is -0.140. The largest absolute Gasteiger partial charge is 0.480 e. The van der Waals surface area contributed by atoms with Crippen molar-refractivity contribution in [2.75, 3.05) is 18.8 Å². The topological polar surface area (TPSA) is 104 Å². The fourth-order valence-electron chi connectivity index (χ4n) is 1.94. The van der Waals surface area contributed by atoms with Crippen molar-refractivity contribution in [1.29, 1.82) is 0 Å². The SMILES string of the molecule is CC(=O)NCCN(C(C)C(=O)O)S(=O)(=O)CCCC(C)(C)C. The molecule has 130 valence electrons. The zero-order valence-corrected chi connectivity index (χ0v) is 14.9. The van der Waals surface area contributed by atoms with Gasteiger partial charge in [0.2, 0.25) is 15.9 Å². The third-order valence-electron chi connectivity index (χ3n) is 3.18. The van der Waals surface area contributed by atoms with Crippen molar-refractivity contribution in [3.8, 4) is 0 Å². The first-order chi connectivity index (χ1) is 9.87. The molecule has 1 amide bonds. The Bertz CT molecular complexity index is 482. The Kier molecular flexibility index (Phi) is 8.03. The molecular weight excluding hydrogens is 308 g/mol. The van der Waals surface area contributed by atoms with Crippen LogP contribution in [0.5, 0.6) is 0 Å². The van der Waals surface area contributed by atoms with Crippen molar-refractivity contribution < 1.29 is 23.1 Å². The van der Waals surface area contributed by atoms with Gasteiger partial charge in [0.1, 0.15) is 6.04 Å². The van der Waals surface area contributed by atoms with Gasteiger partial charge in [-0.05, 0) is 25.2 Å². The molecule has 0 bridgehead atoms. The number of hydrogen-bond acceptors (Lipinski definition) is 4. The smallest absolute Gasteiger partial charge is 0.321 e. The molecule has 0 aromatic rings. The zero-order chi connectivity index (χ0) is 17.6. The number of hydrogen-bond donors (Lipinski definition) is 2. The number of sulfonamides is 1. The van der Waals surface area contributed by atoms with E-state index in [4.69, 9.17) is 5.11 Å². The second-order valence-electron chi connectivity index (χ2n) is 6.59. The highest BCUT2D eigenvalue weighted by Crippen LogP contribution is 2.21. The zero-order valence-electron chi connectivity index (χ0n) is 14.0. The van der Waals surface area contributed by atoms with Gasteiger partial charge in [-0.2, -0.15) is 4.31 Å². The highest BCUT2D eigenvalue weighted by atomic mass is 32.2. The van der Waals surface area contributed by atoms with E-state index in [1.54, 1.807) is 0 Å². The number of carboxylic acids is 1. The van der Waals surface area contributed by atoms with Gasteiger partial charge in [0.25, 0.3) is 0 Å². The van der Waals surface area contributed by atoms with Crippen molar-refractivity contribution in [2.45, 2.75) is 53.5 Å². The molecule has 0 aliphatic heterocycles. The van der Waals surface area contributed by atoms with E-state index < -0.39 is 22.0 Å². The minimum Gasteiger partial charge on any atom is -0.480 e. The van der Waals surface area contributed by atoms with Crippen LogP contribution in [-0.4, -0.2) is 54.6 Å². The fourth-order valence-corrected chi connectivity index (χ4v) is 3.63. The van der Waals surface area contributed by atoms with Crippen LogP contribution in [0.25, 0.3) is 0 Å². The molecule has 0 fully saturated rings. The first-order valence-electron chi connectivity index (χ1n) is 7.33. The monoisotopic (exact) mass is 336 g/mol. The Morgan fingerprint density at radius 3 is 2.23 bits per heavy atom. The summed E-state index contributed by atoms with van der Waals surface area (Å²) in [5, 5.41) is 11.6. The predicted molar refractivity (Wildman–Crippen MR) is 85.0 cm³/mol. The van der Waals surface area contributed by atoms with Crippen molar-refractivity contribution in [1.82, 2.24) is 9.62 Å². The van der Waals surface area contributed by atoms with Crippen LogP contribution in [0.2, 0.25) is 0 Å². The molecule has 0 saturated carbocycles. The van der Waals surface area contributed by atoms with Gasteiger partial charge in [-0.3, -0.25) is 9.59 Å². The summed E-state index contributed by atoms with van der Waals surface area (Å²) < 4.78 is 25.7. The molecule has 0 aromatic heterocycles. The van der Waals surface area contributed by atoms with Gasteiger partial charge in [-0.1, -0.05) is 20.8 Å². The summed E-state index contributed by atoms with van der Waals surface area (Å²) in [6.45, 7) is 8.76. The van der Waals surface area contributed by atoms with Crippen molar-refractivity contribution in [3.05, 3.63) is 0 Å². The lowest BCUT2D eigenvalue weighted by atomic mass is 9.91. The number of carbonyl (C=O) groups excluding carboxylic acids is 1. The quantitative estimate of drug-likeness (QED) is 0.655. The third-order valence-corrected chi connectivity index (χ3v) is 5.20. The van der Waals surface area contributed by atoms with E-state index in [0.717, 1.165) is 10.7 Å². The maximum atomic E-state index is 12.4. The Hall–Kier alpha value is -1.15. The van der Waals surface area contributed by atoms with E-state index in [-0.39, 0.29) is 30.2 Å². The molecule has 2 N–H and O–H groups in total. The molecule has 0 aliphatic carbocycles. The van der Waals surface area contributed by atoms with E-state index in [1.807, 2.05) is 20.8 Å². The van der Waals surface area contributed by atoms with Gasteiger partial charge in [0.15, 0.2) is 0 Å². The number of nitrogens with zero attached hydrogens (tertiary/aromatic N) is 1. The van der Waals surface area contributed by atoms with Gasteiger partial charge in [0, 0.05) is 20.0 Å². The number of nitrogens with one attached hydrogen (secondary N) is 1. The van der Waals surface area contributed by atoms with Crippen molar-refractivity contribution in [2.24, 2.45) is 5.41 Å². The second-order valence-corrected chi connectivity index (χ2v) is 8.63. The average Bonchev–Trinajstić information content (AvgIpc) is 2.31. The number of amides is 1. The molecule has 22 heavy (non-hydrogen) atoms. The van der Waals surface area contributed by atoms with Gasteiger partial charge in [-0.25, -0.2) is 8.42 Å². The lowest BCUT2D eigenvalue weighted by Crippen LogP contribution is -2.47. The van der Waals surface area contributed by atoms with Crippen molar-refractivity contribution >= 4 is 21.9 Å². The van der Waals surface area contributed by atoms with Gasteiger partial charge >= 0.3 is 5.97 Å². The number of aliphatic carboxylic acids is 1. The maximum Gasteiger partial charge on any atom is 0.321 e. The summed E-state index contributed by atoms with van der Waals surface area (Å²) in [4.78, 5) is 22.0. The highest BCUT2D eigenvalue weighted by molar-refractivity contribution is 7.89. The Balaban J connectivity index is 4.88. The molecule has 7 nitrogen and oxygen atoms in total. The summed E-state index contributed by atoms with van der Waals surface area (Å²) >= 11 is 0. The van der Waals surface area contributed by atoms with E-state index in [2.05, 4.69) is 5.32 Å². The van der Waals surface area contributed by atoms with Crippen LogP contribution in [0.15, 0.2) is 0 Å². The highest BCUT2D eigenvalue weighted by Gasteiger charge is 2.31. The van der Waals surface area contributed by atoms with Crippen LogP contribution in [0.1, 0.15) is 47.5 Å². The van der Waals surface area contributed by atoms with E-state index in [1.165, 1.54) is 13.8 Å². The molecular formula is C14H28N2O5S. The van der Waals surface area contributed by atoms with Crippen LogP contribution in [-0.2, 0) is 19.6 Å². The summed E-state index contributed by atoms with van der Waals surface area (Å²) in [6, 6.07) is -1.16. The minimum atomic E-state index is -3.69. The maximum absolute atomic E-state index is 12.4. The standard InChI is InChI=1S/C14H28N2O5S/c1-11(13(18)19)16(9-8-15-12(2)17)22(20,21)10-6-7-14(3,4)5/h11H,6-10H2,1-5H3,(H,15,17)(H,18,19). The molecule has 0 aromatic carbocycles. The van der Waals surface area contributed by atoms with Crippen molar-refractivity contribution in [3.63, 3.8) is 0 Å². The van der Waals surface area contributed by atoms with Gasteiger partial charge in [-0.15, -0.1) is 0 Å². The van der Waals surface area contributed by atoms with E-state index in [9.17, 15) is 18.0 Å². The molecule has 0 heterocycles. The first kappa shape index (κ1) is 20.9. The molecule has 0 saturated heterocycles. The number of rotatable bonds is 9. The third kappa shape index (κ3) is 8.33. The van der Waals surface area contributed by atoms with Crippen LogP contribution < -0.4 is 5.32 Å². The molecule has 0 rings (SSSR count). The molecule has 1 atom stereocenters. The van der Waals surface area contributed by atoms with Crippen LogP contribution in [0, 0.1) is 5.41 Å². The molecule has 1 unspecified atom stereocenters. The average molecular weight is 336 g/mol. The minimum absolute atomic E-state index is 0.0228.